The first-order chi connectivity index (χ1) is 17.2. The number of hydrogen-bond donors (Lipinski definition) is 2. The summed E-state index contributed by atoms with van der Waals surface area (Å²) < 4.78 is 10.1. The van der Waals surface area contributed by atoms with E-state index in [0.29, 0.717) is 33.1 Å². The van der Waals surface area contributed by atoms with Gasteiger partial charge in [-0.05, 0) is 43.2 Å². The fourth-order valence-corrected chi connectivity index (χ4v) is 4.86. The van der Waals surface area contributed by atoms with Crippen molar-refractivity contribution in [2.24, 2.45) is 7.05 Å². The first-order valence-electron chi connectivity index (χ1n) is 11.8. The number of carbonyl (C=O) groups is 1. The van der Waals surface area contributed by atoms with Crippen LogP contribution in [0.25, 0.3) is 44.0 Å². The number of pyridine rings is 1. The maximum Gasteiger partial charge on any atom is 0.336 e. The Morgan fingerprint density at radius 3 is 2.53 bits per heavy atom. The highest BCUT2D eigenvalue weighted by molar-refractivity contribution is 6.16. The van der Waals surface area contributed by atoms with Crippen LogP contribution in [0.15, 0.2) is 63.8 Å². The zero-order chi connectivity index (χ0) is 25.7. The molecule has 0 aliphatic rings. The standard InChI is InChI=1S/C29H27N3O4/c1-6-30-22-15-24-21(13-16(22)2)25(18-9-7-8-10-19(18)29(34)35)26-27(36-24)20-12-11-17(31(3)4)14-23(20)32(5)28(26)33/h7-15H,6H2,1-5H3,(H,34,35)/p+1. The van der Waals surface area contributed by atoms with E-state index < -0.39 is 5.97 Å². The van der Waals surface area contributed by atoms with Gasteiger partial charge in [0, 0.05) is 53.8 Å². The fourth-order valence-electron chi connectivity index (χ4n) is 4.86. The molecule has 0 amide bonds. The van der Waals surface area contributed by atoms with Crippen LogP contribution in [-0.4, -0.2) is 36.3 Å². The van der Waals surface area contributed by atoms with Crippen LogP contribution in [0.5, 0.6) is 0 Å². The van der Waals surface area contributed by atoms with Crippen molar-refractivity contribution >= 4 is 44.5 Å². The second kappa shape index (κ2) is 8.68. The molecule has 5 aromatic rings. The van der Waals surface area contributed by atoms with Gasteiger partial charge in [0.25, 0.3) is 5.56 Å². The molecule has 0 aliphatic carbocycles. The lowest BCUT2D eigenvalue weighted by Crippen LogP contribution is -2.24. The van der Waals surface area contributed by atoms with E-state index in [1.807, 2.05) is 62.9 Å². The lowest BCUT2D eigenvalue weighted by atomic mass is 9.92. The van der Waals surface area contributed by atoms with Gasteiger partial charge in [-0.15, -0.1) is 0 Å². The molecule has 182 valence electrons. The lowest BCUT2D eigenvalue weighted by molar-refractivity contribution is 0.0697. The quantitative estimate of drug-likeness (QED) is 0.223. The van der Waals surface area contributed by atoms with E-state index >= 15 is 0 Å². The summed E-state index contributed by atoms with van der Waals surface area (Å²) >= 11 is 0. The first kappa shape index (κ1) is 23.4. The molecule has 0 atom stereocenters. The predicted molar refractivity (Wildman–Crippen MR) is 145 cm³/mol. The van der Waals surface area contributed by atoms with Crippen molar-refractivity contribution in [3.63, 3.8) is 0 Å². The largest absolute Gasteiger partial charge is 0.478 e. The average molecular weight is 483 g/mol. The second-order valence-corrected chi connectivity index (χ2v) is 9.19. The van der Waals surface area contributed by atoms with Gasteiger partial charge < -0.3 is 19.4 Å². The van der Waals surface area contributed by atoms with E-state index in [4.69, 9.17) is 4.42 Å². The fraction of sp³-hybridized carbons (Fsp3) is 0.207. The minimum atomic E-state index is -1.05. The van der Waals surface area contributed by atoms with Crippen molar-refractivity contribution in [2.75, 3.05) is 26.0 Å². The van der Waals surface area contributed by atoms with Gasteiger partial charge in [-0.3, -0.25) is 4.79 Å². The number of carboxylic acid groups (broad SMARTS) is 1. The van der Waals surface area contributed by atoms with Gasteiger partial charge in [-0.25, -0.2) is 9.37 Å². The summed E-state index contributed by atoms with van der Waals surface area (Å²) in [5.41, 5.74) is 4.57. The number of hydrogen-bond acceptors (Lipinski definition) is 4. The molecule has 3 aromatic carbocycles. The number of aromatic nitrogens is 1. The predicted octanol–water partition coefficient (Wildman–Crippen LogP) is 4.58. The molecule has 2 aromatic heterocycles. The Morgan fingerprint density at radius 2 is 1.83 bits per heavy atom. The average Bonchev–Trinajstić information content (AvgIpc) is 2.86. The molecule has 7 nitrogen and oxygen atoms in total. The number of benzene rings is 3. The number of fused-ring (bicyclic) bond motifs is 4. The number of carboxylic acids is 1. The van der Waals surface area contributed by atoms with Gasteiger partial charge >= 0.3 is 5.97 Å². The normalized spacial score (nSPS) is 11.4. The van der Waals surface area contributed by atoms with E-state index in [1.165, 1.54) is 0 Å². The molecule has 0 fully saturated rings. The van der Waals surface area contributed by atoms with Crippen molar-refractivity contribution in [3.8, 4) is 11.1 Å². The number of aromatic carboxylic acids is 1. The van der Waals surface area contributed by atoms with Gasteiger partial charge in [0.15, 0.2) is 0 Å². The zero-order valence-electron chi connectivity index (χ0n) is 21.0. The number of anilines is 1. The highest BCUT2D eigenvalue weighted by Gasteiger charge is 2.23. The van der Waals surface area contributed by atoms with Crippen LogP contribution >= 0.6 is 0 Å². The monoisotopic (exact) mass is 482 g/mol. The van der Waals surface area contributed by atoms with Crippen LogP contribution in [0.1, 0.15) is 22.8 Å². The summed E-state index contributed by atoms with van der Waals surface area (Å²) in [7, 11) is 5.63. The molecular weight excluding hydrogens is 454 g/mol. The van der Waals surface area contributed by atoms with E-state index in [9.17, 15) is 14.7 Å². The third-order valence-corrected chi connectivity index (χ3v) is 6.70. The molecule has 0 aliphatic heterocycles. The van der Waals surface area contributed by atoms with Crippen molar-refractivity contribution in [3.05, 3.63) is 81.4 Å². The van der Waals surface area contributed by atoms with Crippen LogP contribution in [-0.2, 0) is 7.05 Å². The van der Waals surface area contributed by atoms with Gasteiger partial charge in [-0.2, -0.15) is 0 Å². The Labute approximate surface area is 207 Å². The van der Waals surface area contributed by atoms with E-state index in [2.05, 4.69) is 5.32 Å². The lowest BCUT2D eigenvalue weighted by Gasteiger charge is -2.17. The van der Waals surface area contributed by atoms with Gasteiger partial charge in [0.2, 0.25) is 5.36 Å². The summed E-state index contributed by atoms with van der Waals surface area (Å²) in [5, 5.41) is 16.1. The molecule has 0 unspecified atom stereocenters. The Bertz CT molecular complexity index is 1840. The Kier molecular flexibility index (Phi) is 5.63. The van der Waals surface area contributed by atoms with Crippen molar-refractivity contribution in [1.29, 1.82) is 0 Å². The summed E-state index contributed by atoms with van der Waals surface area (Å²) in [6, 6.07) is 16.6. The van der Waals surface area contributed by atoms with Gasteiger partial charge in [-0.1, -0.05) is 18.2 Å². The maximum atomic E-state index is 13.9. The third kappa shape index (κ3) is 3.55. The summed E-state index contributed by atoms with van der Waals surface area (Å²) in [6.07, 6.45) is 0. The minimum absolute atomic E-state index is 0.129. The number of rotatable bonds is 4. The molecule has 5 rings (SSSR count). The highest BCUT2D eigenvalue weighted by atomic mass is 16.4. The Hall–Kier alpha value is -4.39. The molecule has 0 bridgehead atoms. The molecule has 0 spiro atoms. The molecule has 0 saturated heterocycles. The van der Waals surface area contributed by atoms with Crippen molar-refractivity contribution in [2.45, 2.75) is 13.8 Å². The van der Waals surface area contributed by atoms with Gasteiger partial charge in [0.05, 0.1) is 16.5 Å². The van der Waals surface area contributed by atoms with Crippen LogP contribution < -0.4 is 20.8 Å². The Morgan fingerprint density at radius 1 is 1.08 bits per heavy atom. The highest BCUT2D eigenvalue weighted by Crippen LogP contribution is 2.40. The van der Waals surface area contributed by atoms with Crippen LogP contribution in [0.3, 0.4) is 0 Å². The maximum absolute atomic E-state index is 13.9. The van der Waals surface area contributed by atoms with Crippen LogP contribution in [0, 0.1) is 6.92 Å². The zero-order valence-corrected chi connectivity index (χ0v) is 21.0. The minimum Gasteiger partial charge on any atom is -0.478 e. The van der Waals surface area contributed by atoms with E-state index in [1.54, 1.807) is 35.9 Å². The topological polar surface area (TPSA) is 87.5 Å². The van der Waals surface area contributed by atoms with E-state index in [-0.39, 0.29) is 11.1 Å². The van der Waals surface area contributed by atoms with Crippen LogP contribution in [0.4, 0.5) is 5.69 Å². The molecule has 36 heavy (non-hydrogen) atoms. The number of nitrogens with zero attached hydrogens (tertiary/aromatic N) is 2. The van der Waals surface area contributed by atoms with Gasteiger partial charge in [0.1, 0.15) is 25.3 Å². The summed E-state index contributed by atoms with van der Waals surface area (Å²) in [6.45, 7) is 4.75. The molecule has 2 heterocycles. The van der Waals surface area contributed by atoms with Crippen molar-refractivity contribution in [1.82, 2.24) is 9.14 Å². The molecule has 0 saturated carbocycles. The number of nitrogens with one attached hydrogen (secondary N) is 1. The first-order valence-corrected chi connectivity index (χ1v) is 11.8. The molecule has 7 heteroatoms. The smallest absolute Gasteiger partial charge is 0.336 e. The summed E-state index contributed by atoms with van der Waals surface area (Å²) in [5.74, 6) is -1.05. The van der Waals surface area contributed by atoms with Crippen LogP contribution in [0.2, 0.25) is 0 Å². The van der Waals surface area contributed by atoms with E-state index in [0.717, 1.165) is 34.1 Å². The third-order valence-electron chi connectivity index (χ3n) is 6.70. The molecular formula is C29H28N3O4+. The molecule has 2 N–H and O–H groups in total. The number of aryl methyl sites for hydroxylation is 2. The SMILES string of the molecule is CCNc1cc2oc3c(c(-c4ccccc4C(=O)O)c2cc1C)c(=O)n(C)c1cc(=[N+](C)C)ccc31. The second-order valence-electron chi connectivity index (χ2n) is 9.19. The Balaban J connectivity index is 2.09. The summed E-state index contributed by atoms with van der Waals surface area (Å²) in [4.78, 5) is 26.1. The van der Waals surface area contributed by atoms with Crippen molar-refractivity contribution < 1.29 is 14.3 Å². The molecule has 0 radical (unpaired) electrons.